The lowest BCUT2D eigenvalue weighted by Gasteiger charge is -2.25. The summed E-state index contributed by atoms with van der Waals surface area (Å²) in [5, 5.41) is 0. The van der Waals surface area contributed by atoms with E-state index >= 15 is 0 Å². The Labute approximate surface area is 136 Å². The predicted octanol–water partition coefficient (Wildman–Crippen LogP) is 2.84. The van der Waals surface area contributed by atoms with Gasteiger partial charge in [0, 0.05) is 12.1 Å². The monoisotopic (exact) mass is 333 g/mol. The van der Waals surface area contributed by atoms with Gasteiger partial charge in [0.05, 0.1) is 19.9 Å². The van der Waals surface area contributed by atoms with E-state index in [0.29, 0.717) is 12.2 Å². The number of para-hydroxylation sites is 1. The number of hydrogen-bond donors (Lipinski definition) is 0. The van der Waals surface area contributed by atoms with Crippen molar-refractivity contribution in [3.63, 3.8) is 0 Å². The maximum Gasteiger partial charge on any atom is 0.268 e. The molecule has 0 fully saturated rings. The largest absolute Gasteiger partial charge is 0.497 e. The van der Waals surface area contributed by atoms with Gasteiger partial charge in [0.1, 0.15) is 16.4 Å². The Bertz CT molecular complexity index is 832. The van der Waals surface area contributed by atoms with E-state index in [-0.39, 0.29) is 16.7 Å². The molecule has 0 aromatic heterocycles. The van der Waals surface area contributed by atoms with E-state index in [9.17, 15) is 8.42 Å². The van der Waals surface area contributed by atoms with Crippen LogP contribution in [0, 0.1) is 0 Å². The fraction of sp³-hybridized carbons (Fsp3) is 0.294. The number of hydrogen-bond acceptors (Lipinski definition) is 4. The van der Waals surface area contributed by atoms with Crippen molar-refractivity contribution in [1.29, 1.82) is 0 Å². The number of sulfonamides is 1. The highest BCUT2D eigenvalue weighted by Crippen LogP contribution is 2.39. The van der Waals surface area contributed by atoms with Gasteiger partial charge in [0.25, 0.3) is 10.0 Å². The summed E-state index contributed by atoms with van der Waals surface area (Å²) in [5.41, 5.74) is 1.77. The lowest BCUT2D eigenvalue weighted by atomic mass is 10.1. The molecule has 1 unspecified atom stereocenters. The molecule has 0 N–H and O–H groups in total. The zero-order valence-corrected chi connectivity index (χ0v) is 14.1. The minimum atomic E-state index is -3.72. The van der Waals surface area contributed by atoms with Crippen LogP contribution < -0.4 is 13.8 Å². The van der Waals surface area contributed by atoms with Gasteiger partial charge in [-0.25, -0.2) is 8.42 Å². The third-order valence-corrected chi connectivity index (χ3v) is 6.02. The van der Waals surface area contributed by atoms with Gasteiger partial charge in [-0.1, -0.05) is 18.2 Å². The first-order chi connectivity index (χ1) is 11.0. The Kier molecular flexibility index (Phi) is 3.93. The highest BCUT2D eigenvalue weighted by Gasteiger charge is 2.37. The first-order valence-corrected chi connectivity index (χ1v) is 8.77. The molecule has 3 rings (SSSR count). The van der Waals surface area contributed by atoms with Crippen molar-refractivity contribution in [3.8, 4) is 11.5 Å². The van der Waals surface area contributed by atoms with E-state index in [1.54, 1.807) is 12.1 Å². The smallest absolute Gasteiger partial charge is 0.268 e. The Hall–Kier alpha value is -2.21. The molecule has 2 aromatic rings. The number of benzene rings is 2. The van der Waals surface area contributed by atoms with Crippen molar-refractivity contribution in [3.05, 3.63) is 48.0 Å². The second-order valence-corrected chi connectivity index (χ2v) is 7.28. The summed E-state index contributed by atoms with van der Waals surface area (Å²) in [5.74, 6) is 0.830. The van der Waals surface area contributed by atoms with Crippen LogP contribution in [0.4, 0.5) is 5.69 Å². The molecule has 0 radical (unpaired) electrons. The molecule has 23 heavy (non-hydrogen) atoms. The molecule has 2 aromatic carbocycles. The standard InChI is InChI=1S/C17H19NO4S/c1-12-10-13-6-4-5-7-15(13)18(12)23(19,20)17-9-8-14(21-2)11-16(17)22-3/h4-9,11-12H,10H2,1-3H3. The zero-order valence-electron chi connectivity index (χ0n) is 13.3. The quantitative estimate of drug-likeness (QED) is 0.863. The van der Waals surface area contributed by atoms with E-state index in [4.69, 9.17) is 9.47 Å². The van der Waals surface area contributed by atoms with Gasteiger partial charge >= 0.3 is 0 Å². The van der Waals surface area contributed by atoms with Crippen LogP contribution in [0.2, 0.25) is 0 Å². The van der Waals surface area contributed by atoms with Crippen molar-refractivity contribution in [2.24, 2.45) is 0 Å². The van der Waals surface area contributed by atoms with Crippen LogP contribution >= 0.6 is 0 Å². The summed E-state index contributed by atoms with van der Waals surface area (Å²) in [7, 11) is -0.733. The molecule has 0 bridgehead atoms. The average molecular weight is 333 g/mol. The van der Waals surface area contributed by atoms with Crippen molar-refractivity contribution in [2.45, 2.75) is 24.3 Å². The highest BCUT2D eigenvalue weighted by molar-refractivity contribution is 7.93. The van der Waals surface area contributed by atoms with Gasteiger partial charge in [-0.2, -0.15) is 0 Å². The Balaban J connectivity index is 2.13. The van der Waals surface area contributed by atoms with E-state index in [1.165, 1.54) is 24.6 Å². The summed E-state index contributed by atoms with van der Waals surface area (Å²) in [6.07, 6.45) is 0.702. The van der Waals surface area contributed by atoms with Crippen LogP contribution in [-0.4, -0.2) is 28.7 Å². The zero-order chi connectivity index (χ0) is 16.6. The SMILES string of the molecule is COc1ccc(S(=O)(=O)N2c3ccccc3CC2C)c(OC)c1. The lowest BCUT2D eigenvalue weighted by molar-refractivity contribution is 0.386. The van der Waals surface area contributed by atoms with Gasteiger partial charge in [-0.3, -0.25) is 4.31 Å². The molecule has 1 aliphatic rings. The molecule has 0 spiro atoms. The number of ether oxygens (including phenoxy) is 2. The van der Waals surface area contributed by atoms with Crippen LogP contribution in [0.15, 0.2) is 47.4 Å². The first kappa shape index (κ1) is 15.7. The van der Waals surface area contributed by atoms with Gasteiger partial charge in [0.15, 0.2) is 0 Å². The van der Waals surface area contributed by atoms with E-state index in [1.807, 2.05) is 31.2 Å². The molecule has 1 heterocycles. The maximum absolute atomic E-state index is 13.2. The summed E-state index contributed by atoms with van der Waals surface area (Å²) < 4.78 is 38.3. The van der Waals surface area contributed by atoms with Gasteiger partial charge in [-0.05, 0) is 37.1 Å². The molecular weight excluding hydrogens is 314 g/mol. The Morgan fingerprint density at radius 1 is 1.09 bits per heavy atom. The van der Waals surface area contributed by atoms with Crippen LogP contribution in [0.3, 0.4) is 0 Å². The van der Waals surface area contributed by atoms with Crippen molar-refractivity contribution in [1.82, 2.24) is 0 Å². The van der Waals surface area contributed by atoms with Crippen molar-refractivity contribution in [2.75, 3.05) is 18.5 Å². The van der Waals surface area contributed by atoms with Gasteiger partial charge < -0.3 is 9.47 Å². The van der Waals surface area contributed by atoms with Gasteiger partial charge in [-0.15, -0.1) is 0 Å². The molecule has 1 aliphatic heterocycles. The second kappa shape index (κ2) is 5.77. The summed E-state index contributed by atoms with van der Waals surface area (Å²) in [6.45, 7) is 1.91. The summed E-state index contributed by atoms with van der Waals surface area (Å²) in [4.78, 5) is 0.143. The van der Waals surface area contributed by atoms with E-state index < -0.39 is 10.0 Å². The van der Waals surface area contributed by atoms with Crippen LogP contribution in [0.25, 0.3) is 0 Å². The topological polar surface area (TPSA) is 55.8 Å². The van der Waals surface area contributed by atoms with Crippen LogP contribution in [0.5, 0.6) is 11.5 Å². The second-order valence-electron chi connectivity index (χ2n) is 5.50. The fourth-order valence-electron chi connectivity index (χ4n) is 3.00. The number of rotatable bonds is 4. The molecule has 0 saturated carbocycles. The van der Waals surface area contributed by atoms with Crippen LogP contribution in [0.1, 0.15) is 12.5 Å². The molecule has 122 valence electrons. The normalized spacial score (nSPS) is 17.0. The predicted molar refractivity (Wildman–Crippen MR) is 88.8 cm³/mol. The molecule has 0 amide bonds. The van der Waals surface area contributed by atoms with Gasteiger partial charge in [0.2, 0.25) is 0 Å². The van der Waals surface area contributed by atoms with E-state index in [0.717, 1.165) is 11.3 Å². The summed E-state index contributed by atoms with van der Waals surface area (Å²) >= 11 is 0. The Morgan fingerprint density at radius 3 is 2.52 bits per heavy atom. The van der Waals surface area contributed by atoms with Crippen molar-refractivity contribution >= 4 is 15.7 Å². The maximum atomic E-state index is 13.2. The van der Waals surface area contributed by atoms with Crippen molar-refractivity contribution < 1.29 is 17.9 Å². The molecule has 0 saturated heterocycles. The summed E-state index contributed by atoms with van der Waals surface area (Å²) in [6, 6.07) is 12.2. The molecular formula is C17H19NO4S. The van der Waals surface area contributed by atoms with Crippen LogP contribution in [-0.2, 0) is 16.4 Å². The third-order valence-electron chi connectivity index (χ3n) is 4.05. The first-order valence-electron chi connectivity index (χ1n) is 7.33. The molecule has 6 heteroatoms. The highest BCUT2D eigenvalue weighted by atomic mass is 32.2. The lowest BCUT2D eigenvalue weighted by Crippen LogP contribution is -2.35. The minimum absolute atomic E-state index is 0.135. The Morgan fingerprint density at radius 2 is 1.83 bits per heavy atom. The molecule has 1 atom stereocenters. The number of methoxy groups -OCH3 is 2. The molecule has 5 nitrogen and oxygen atoms in total. The fourth-order valence-corrected chi connectivity index (χ4v) is 4.83. The molecule has 0 aliphatic carbocycles. The average Bonchev–Trinajstić information content (AvgIpc) is 2.90. The number of fused-ring (bicyclic) bond motifs is 1. The minimum Gasteiger partial charge on any atom is -0.497 e. The number of nitrogens with zero attached hydrogens (tertiary/aromatic N) is 1. The third kappa shape index (κ3) is 2.53. The van der Waals surface area contributed by atoms with E-state index in [2.05, 4.69) is 0 Å². The number of anilines is 1.